The van der Waals surface area contributed by atoms with E-state index >= 15 is 0 Å². The lowest BCUT2D eigenvalue weighted by atomic mass is 10.2. The minimum atomic E-state index is -2.58. The van der Waals surface area contributed by atoms with Crippen molar-refractivity contribution in [1.82, 2.24) is 0 Å². The first-order valence-corrected chi connectivity index (χ1v) is 5.52. The van der Waals surface area contributed by atoms with Crippen LogP contribution in [-0.2, 0) is 4.74 Å². The fourth-order valence-corrected chi connectivity index (χ4v) is 1.42. The van der Waals surface area contributed by atoms with Crippen LogP contribution in [0.3, 0.4) is 0 Å². The highest BCUT2D eigenvalue weighted by Crippen LogP contribution is 2.30. The highest BCUT2D eigenvalue weighted by Gasteiger charge is 2.17. The first kappa shape index (κ1) is 15.5. The highest BCUT2D eigenvalue weighted by molar-refractivity contribution is 6.31. The van der Waals surface area contributed by atoms with Crippen molar-refractivity contribution in [3.63, 3.8) is 0 Å². The van der Waals surface area contributed by atoms with Crippen molar-refractivity contribution in [2.45, 2.75) is 6.43 Å². The topological polar surface area (TPSA) is 64.4 Å². The standard InChI is InChI=1S/C10H10ClF3N2O3/c11-6-3-9(16(17)18)8(4-7(6)12)15-1-2-19-5-10(13)14/h3-4,10,15H,1-2,5H2. The SMILES string of the molecule is O=[N+]([O-])c1cc(Cl)c(F)cc1NCCOCC(F)F. The zero-order valence-corrected chi connectivity index (χ0v) is 10.3. The van der Waals surface area contributed by atoms with Crippen molar-refractivity contribution < 1.29 is 22.8 Å². The van der Waals surface area contributed by atoms with Gasteiger partial charge in [-0.25, -0.2) is 13.2 Å². The normalized spacial score (nSPS) is 10.8. The third-order valence-electron chi connectivity index (χ3n) is 2.04. The Kier molecular flexibility index (Phi) is 5.84. The highest BCUT2D eigenvalue weighted by atomic mass is 35.5. The molecule has 0 aliphatic rings. The summed E-state index contributed by atoms with van der Waals surface area (Å²) in [6.07, 6.45) is -2.58. The number of hydrogen-bond acceptors (Lipinski definition) is 4. The summed E-state index contributed by atoms with van der Waals surface area (Å²) in [7, 11) is 0. The number of anilines is 1. The Labute approximate surface area is 111 Å². The number of nitro groups is 1. The third-order valence-corrected chi connectivity index (χ3v) is 2.33. The predicted octanol–water partition coefficient (Wildman–Crippen LogP) is 3.08. The summed E-state index contributed by atoms with van der Waals surface area (Å²) in [4.78, 5) is 9.99. The number of nitrogens with zero attached hydrogens (tertiary/aromatic N) is 1. The van der Waals surface area contributed by atoms with Crippen LogP contribution in [0.5, 0.6) is 0 Å². The second-order valence-corrected chi connectivity index (χ2v) is 3.84. The van der Waals surface area contributed by atoms with E-state index < -0.39 is 29.5 Å². The Morgan fingerprint density at radius 2 is 2.16 bits per heavy atom. The van der Waals surface area contributed by atoms with Gasteiger partial charge in [0.1, 0.15) is 18.1 Å². The Bertz CT molecular complexity index is 460. The van der Waals surface area contributed by atoms with Gasteiger partial charge in [-0.1, -0.05) is 11.6 Å². The van der Waals surface area contributed by atoms with Crippen molar-refractivity contribution in [3.8, 4) is 0 Å². The van der Waals surface area contributed by atoms with E-state index in [-0.39, 0.29) is 23.9 Å². The smallest absolute Gasteiger partial charge is 0.294 e. The summed E-state index contributed by atoms with van der Waals surface area (Å²) in [5.41, 5.74) is -0.493. The van der Waals surface area contributed by atoms with E-state index in [1.165, 1.54) is 0 Å². The van der Waals surface area contributed by atoms with Gasteiger partial charge in [0.25, 0.3) is 12.1 Å². The fourth-order valence-electron chi connectivity index (χ4n) is 1.26. The zero-order valence-electron chi connectivity index (χ0n) is 9.54. The number of alkyl halides is 2. The molecule has 0 saturated heterocycles. The van der Waals surface area contributed by atoms with Gasteiger partial charge in [0.15, 0.2) is 0 Å². The fraction of sp³-hybridized carbons (Fsp3) is 0.400. The molecule has 5 nitrogen and oxygen atoms in total. The summed E-state index contributed by atoms with van der Waals surface area (Å²) in [6.45, 7) is -0.793. The Hall–Kier alpha value is -1.54. The molecular weight excluding hydrogens is 289 g/mol. The van der Waals surface area contributed by atoms with Crippen LogP contribution in [0.4, 0.5) is 24.5 Å². The molecule has 0 heterocycles. The number of halogens is 4. The molecule has 0 fully saturated rings. The van der Waals surface area contributed by atoms with Crippen molar-refractivity contribution in [3.05, 3.63) is 33.1 Å². The Morgan fingerprint density at radius 1 is 1.47 bits per heavy atom. The molecule has 106 valence electrons. The predicted molar refractivity (Wildman–Crippen MR) is 63.4 cm³/mol. The first-order valence-electron chi connectivity index (χ1n) is 5.15. The van der Waals surface area contributed by atoms with Crippen LogP contribution in [0.25, 0.3) is 0 Å². The van der Waals surface area contributed by atoms with Crippen molar-refractivity contribution in [2.75, 3.05) is 25.1 Å². The van der Waals surface area contributed by atoms with Crippen LogP contribution in [-0.4, -0.2) is 31.1 Å². The summed E-state index contributed by atoms with van der Waals surface area (Å²) in [5, 5.41) is 12.9. The minimum absolute atomic E-state index is 0.0225. The molecular formula is C10H10ClF3N2O3. The van der Waals surface area contributed by atoms with Crippen LogP contribution >= 0.6 is 11.6 Å². The van der Waals surface area contributed by atoms with Crippen LogP contribution in [0.2, 0.25) is 5.02 Å². The Morgan fingerprint density at radius 3 is 2.74 bits per heavy atom. The van der Waals surface area contributed by atoms with Gasteiger partial charge >= 0.3 is 0 Å². The van der Waals surface area contributed by atoms with Crippen molar-refractivity contribution in [1.29, 1.82) is 0 Å². The van der Waals surface area contributed by atoms with Crippen molar-refractivity contribution >= 4 is 23.0 Å². The van der Waals surface area contributed by atoms with Gasteiger partial charge < -0.3 is 10.1 Å². The van der Waals surface area contributed by atoms with E-state index in [1.54, 1.807) is 0 Å². The molecule has 9 heteroatoms. The molecule has 19 heavy (non-hydrogen) atoms. The van der Waals surface area contributed by atoms with E-state index in [0.29, 0.717) is 0 Å². The van der Waals surface area contributed by atoms with E-state index in [2.05, 4.69) is 10.1 Å². The Balaban J connectivity index is 2.62. The van der Waals surface area contributed by atoms with Crippen LogP contribution in [0, 0.1) is 15.9 Å². The maximum atomic E-state index is 13.2. The van der Waals surface area contributed by atoms with Gasteiger partial charge in [-0.2, -0.15) is 0 Å². The first-order chi connectivity index (χ1) is 8.91. The van der Waals surface area contributed by atoms with Gasteiger partial charge in [0, 0.05) is 18.7 Å². The molecule has 0 atom stereocenters. The summed E-state index contributed by atoms with van der Waals surface area (Å²) in [5.74, 6) is -0.816. The second-order valence-electron chi connectivity index (χ2n) is 3.43. The number of hydrogen-bond donors (Lipinski definition) is 1. The maximum absolute atomic E-state index is 13.2. The third kappa shape index (κ3) is 4.92. The van der Waals surface area contributed by atoms with Crippen LogP contribution in [0.15, 0.2) is 12.1 Å². The van der Waals surface area contributed by atoms with E-state index in [0.717, 1.165) is 12.1 Å². The summed E-state index contributed by atoms with van der Waals surface area (Å²) >= 11 is 5.43. The molecule has 0 aliphatic heterocycles. The van der Waals surface area contributed by atoms with Gasteiger partial charge in [-0.15, -0.1) is 0 Å². The van der Waals surface area contributed by atoms with Gasteiger partial charge in [0.2, 0.25) is 0 Å². The molecule has 1 aromatic rings. The molecule has 0 saturated carbocycles. The maximum Gasteiger partial charge on any atom is 0.294 e. The van der Waals surface area contributed by atoms with E-state index in [9.17, 15) is 23.3 Å². The largest absolute Gasteiger partial charge is 0.377 e. The van der Waals surface area contributed by atoms with Crippen LogP contribution in [0.1, 0.15) is 0 Å². The number of benzene rings is 1. The molecule has 1 rings (SSSR count). The molecule has 1 aromatic carbocycles. The number of nitrogens with one attached hydrogen (secondary N) is 1. The lowest BCUT2D eigenvalue weighted by Crippen LogP contribution is -2.14. The molecule has 1 N–H and O–H groups in total. The van der Waals surface area contributed by atoms with Crippen molar-refractivity contribution in [2.24, 2.45) is 0 Å². The lowest BCUT2D eigenvalue weighted by Gasteiger charge is -2.08. The quantitative estimate of drug-likeness (QED) is 0.477. The molecule has 0 unspecified atom stereocenters. The monoisotopic (exact) mass is 298 g/mol. The van der Waals surface area contributed by atoms with Gasteiger partial charge in [0.05, 0.1) is 16.6 Å². The number of ether oxygens (including phenoxy) is 1. The average molecular weight is 299 g/mol. The molecule has 0 aromatic heterocycles. The zero-order chi connectivity index (χ0) is 14.4. The number of nitro benzene ring substituents is 1. The van der Waals surface area contributed by atoms with E-state index in [4.69, 9.17) is 11.6 Å². The minimum Gasteiger partial charge on any atom is -0.377 e. The molecule has 0 aliphatic carbocycles. The van der Waals surface area contributed by atoms with Gasteiger partial charge in [-0.05, 0) is 0 Å². The average Bonchev–Trinajstić information content (AvgIpc) is 2.32. The molecule has 0 radical (unpaired) electrons. The van der Waals surface area contributed by atoms with Gasteiger partial charge in [-0.3, -0.25) is 10.1 Å². The lowest BCUT2D eigenvalue weighted by molar-refractivity contribution is -0.384. The summed E-state index contributed by atoms with van der Waals surface area (Å²) in [6, 6.07) is 1.74. The summed E-state index contributed by atoms with van der Waals surface area (Å²) < 4.78 is 41.3. The molecule has 0 spiro atoms. The molecule has 0 bridgehead atoms. The molecule has 0 amide bonds. The van der Waals surface area contributed by atoms with E-state index in [1.807, 2.05) is 0 Å². The second kappa shape index (κ2) is 7.15. The van der Waals surface area contributed by atoms with Crippen LogP contribution < -0.4 is 5.32 Å². The number of rotatable bonds is 7.